The van der Waals surface area contributed by atoms with Crippen molar-refractivity contribution in [3.63, 3.8) is 0 Å². The lowest BCUT2D eigenvalue weighted by Crippen LogP contribution is -2.44. The van der Waals surface area contributed by atoms with Gasteiger partial charge in [-0.2, -0.15) is 5.10 Å². The SMILES string of the molecule is COc1ccc(-c2cc(C(=O)N(C)C3CCN(C)CC3)c3cnn(C)c3n2)cc1. The molecule has 2 aromatic heterocycles. The van der Waals surface area contributed by atoms with Gasteiger partial charge in [-0.15, -0.1) is 0 Å². The number of likely N-dealkylation sites (tertiary alicyclic amines) is 1. The number of aromatic nitrogens is 3. The summed E-state index contributed by atoms with van der Waals surface area (Å²) in [6, 6.07) is 9.85. The fraction of sp³-hybridized carbons (Fsp3) is 0.409. The number of amides is 1. The van der Waals surface area contributed by atoms with Crippen LogP contribution < -0.4 is 4.74 Å². The molecule has 0 atom stereocenters. The quantitative estimate of drug-likeness (QED) is 0.682. The molecular weight excluding hydrogens is 366 g/mol. The molecule has 1 aliphatic rings. The van der Waals surface area contributed by atoms with Crippen LogP contribution in [0.3, 0.4) is 0 Å². The van der Waals surface area contributed by atoms with Gasteiger partial charge in [-0.3, -0.25) is 9.48 Å². The molecule has 0 N–H and O–H groups in total. The number of pyridine rings is 1. The van der Waals surface area contributed by atoms with Gasteiger partial charge in [-0.25, -0.2) is 4.98 Å². The molecule has 7 nitrogen and oxygen atoms in total. The summed E-state index contributed by atoms with van der Waals surface area (Å²) >= 11 is 0. The number of fused-ring (bicyclic) bond motifs is 1. The van der Waals surface area contributed by atoms with E-state index in [0.717, 1.165) is 48.3 Å². The predicted octanol–water partition coefficient (Wildman–Crippen LogP) is 2.81. The minimum atomic E-state index is 0.0229. The zero-order valence-electron chi connectivity index (χ0n) is 17.4. The molecule has 0 saturated carbocycles. The monoisotopic (exact) mass is 393 g/mol. The molecule has 7 heteroatoms. The van der Waals surface area contributed by atoms with Crippen molar-refractivity contribution in [2.75, 3.05) is 34.3 Å². The van der Waals surface area contributed by atoms with E-state index in [1.807, 2.05) is 49.3 Å². The number of nitrogens with zero attached hydrogens (tertiary/aromatic N) is 5. The number of ether oxygens (including phenoxy) is 1. The van der Waals surface area contributed by atoms with Crippen LogP contribution in [0.15, 0.2) is 36.5 Å². The molecule has 0 radical (unpaired) electrons. The van der Waals surface area contributed by atoms with Crippen molar-refractivity contribution in [3.05, 3.63) is 42.1 Å². The number of benzene rings is 1. The van der Waals surface area contributed by atoms with Crippen LogP contribution >= 0.6 is 0 Å². The lowest BCUT2D eigenvalue weighted by molar-refractivity contribution is 0.0661. The number of hydrogen-bond donors (Lipinski definition) is 0. The maximum Gasteiger partial charge on any atom is 0.254 e. The lowest BCUT2D eigenvalue weighted by Gasteiger charge is -2.35. The smallest absolute Gasteiger partial charge is 0.254 e. The number of hydrogen-bond acceptors (Lipinski definition) is 5. The van der Waals surface area contributed by atoms with Crippen molar-refractivity contribution < 1.29 is 9.53 Å². The number of aryl methyl sites for hydroxylation is 1. The maximum absolute atomic E-state index is 13.5. The van der Waals surface area contributed by atoms with Crippen molar-refractivity contribution in [1.29, 1.82) is 0 Å². The third kappa shape index (κ3) is 3.70. The molecular formula is C22H27N5O2. The van der Waals surface area contributed by atoms with Gasteiger partial charge in [0.1, 0.15) is 5.75 Å². The van der Waals surface area contributed by atoms with E-state index in [1.54, 1.807) is 18.0 Å². The topological polar surface area (TPSA) is 63.5 Å². The highest BCUT2D eigenvalue weighted by Crippen LogP contribution is 2.28. The van der Waals surface area contributed by atoms with Crippen molar-refractivity contribution in [2.24, 2.45) is 7.05 Å². The molecule has 1 aromatic carbocycles. The Morgan fingerprint density at radius 3 is 2.52 bits per heavy atom. The van der Waals surface area contributed by atoms with Crippen LogP contribution in [0.2, 0.25) is 0 Å². The minimum absolute atomic E-state index is 0.0229. The molecule has 4 rings (SSSR count). The highest BCUT2D eigenvalue weighted by Gasteiger charge is 2.27. The Kier molecular flexibility index (Phi) is 5.24. The summed E-state index contributed by atoms with van der Waals surface area (Å²) in [4.78, 5) is 22.4. The van der Waals surface area contributed by atoms with Gasteiger partial charge in [0.2, 0.25) is 0 Å². The number of rotatable bonds is 4. The maximum atomic E-state index is 13.5. The summed E-state index contributed by atoms with van der Waals surface area (Å²) in [6.45, 7) is 2.02. The molecule has 0 bridgehead atoms. The number of piperidine rings is 1. The molecule has 1 aliphatic heterocycles. The molecule has 0 spiro atoms. The average molecular weight is 393 g/mol. The van der Waals surface area contributed by atoms with E-state index in [2.05, 4.69) is 17.0 Å². The van der Waals surface area contributed by atoms with Gasteiger partial charge < -0.3 is 14.5 Å². The van der Waals surface area contributed by atoms with Crippen LogP contribution in [0, 0.1) is 0 Å². The molecule has 0 unspecified atom stereocenters. The molecule has 0 aliphatic carbocycles. The van der Waals surface area contributed by atoms with Crippen LogP contribution in [-0.4, -0.2) is 70.8 Å². The Morgan fingerprint density at radius 1 is 1.17 bits per heavy atom. The summed E-state index contributed by atoms with van der Waals surface area (Å²) in [5, 5.41) is 5.13. The summed E-state index contributed by atoms with van der Waals surface area (Å²) in [5.41, 5.74) is 3.04. The normalized spacial score (nSPS) is 15.6. The second-order valence-electron chi connectivity index (χ2n) is 7.74. The van der Waals surface area contributed by atoms with Crippen LogP contribution in [0.25, 0.3) is 22.3 Å². The molecule has 1 saturated heterocycles. The second-order valence-corrected chi connectivity index (χ2v) is 7.74. The molecule has 1 fully saturated rings. The van der Waals surface area contributed by atoms with Gasteiger partial charge in [0.15, 0.2) is 5.65 Å². The first-order chi connectivity index (χ1) is 14.0. The average Bonchev–Trinajstić information content (AvgIpc) is 3.13. The summed E-state index contributed by atoms with van der Waals surface area (Å²) in [6.07, 6.45) is 3.71. The zero-order chi connectivity index (χ0) is 20.5. The standard InChI is InChI=1S/C22H27N5O2/c1-25-11-9-16(10-12-25)26(2)22(28)18-13-20(15-5-7-17(29-4)8-6-15)24-21-19(18)14-23-27(21)3/h5-8,13-14,16H,9-12H2,1-4H3. The molecule has 3 aromatic rings. The molecule has 1 amide bonds. The fourth-order valence-electron chi connectivity index (χ4n) is 3.94. The fourth-order valence-corrected chi connectivity index (χ4v) is 3.94. The van der Waals surface area contributed by atoms with Crippen molar-refractivity contribution in [2.45, 2.75) is 18.9 Å². The van der Waals surface area contributed by atoms with Crippen LogP contribution in [0.5, 0.6) is 5.75 Å². The van der Waals surface area contributed by atoms with E-state index in [1.165, 1.54) is 0 Å². The Morgan fingerprint density at radius 2 is 1.86 bits per heavy atom. The zero-order valence-corrected chi connectivity index (χ0v) is 17.4. The first-order valence-electron chi connectivity index (χ1n) is 9.91. The van der Waals surface area contributed by atoms with Gasteiger partial charge in [0.05, 0.1) is 30.0 Å². The first kappa shape index (κ1) is 19.4. The largest absolute Gasteiger partial charge is 0.497 e. The summed E-state index contributed by atoms with van der Waals surface area (Å²) in [7, 11) is 7.53. The van der Waals surface area contributed by atoms with Crippen LogP contribution in [0.4, 0.5) is 0 Å². The van der Waals surface area contributed by atoms with E-state index < -0.39 is 0 Å². The van der Waals surface area contributed by atoms with E-state index in [4.69, 9.17) is 9.72 Å². The Hall–Kier alpha value is -2.93. The second kappa shape index (κ2) is 7.83. The Bertz CT molecular complexity index is 1020. The summed E-state index contributed by atoms with van der Waals surface area (Å²) in [5.74, 6) is 0.809. The highest BCUT2D eigenvalue weighted by atomic mass is 16.5. The van der Waals surface area contributed by atoms with Gasteiger partial charge in [0.25, 0.3) is 5.91 Å². The Labute approximate surface area is 170 Å². The molecule has 3 heterocycles. The van der Waals surface area contributed by atoms with E-state index in [0.29, 0.717) is 11.2 Å². The lowest BCUT2D eigenvalue weighted by atomic mass is 10.0. The van der Waals surface area contributed by atoms with Crippen molar-refractivity contribution in [3.8, 4) is 17.0 Å². The van der Waals surface area contributed by atoms with Gasteiger partial charge in [0, 0.05) is 25.7 Å². The number of methoxy groups -OCH3 is 1. The van der Waals surface area contributed by atoms with E-state index in [-0.39, 0.29) is 11.9 Å². The number of carbonyl (C=O) groups excluding carboxylic acids is 1. The summed E-state index contributed by atoms with van der Waals surface area (Å²) < 4.78 is 6.97. The van der Waals surface area contributed by atoms with Crippen molar-refractivity contribution >= 4 is 16.9 Å². The van der Waals surface area contributed by atoms with Crippen LogP contribution in [0.1, 0.15) is 23.2 Å². The van der Waals surface area contributed by atoms with Crippen molar-refractivity contribution in [1.82, 2.24) is 24.6 Å². The number of carbonyl (C=O) groups is 1. The molecule has 29 heavy (non-hydrogen) atoms. The van der Waals surface area contributed by atoms with Gasteiger partial charge in [-0.1, -0.05) is 0 Å². The minimum Gasteiger partial charge on any atom is -0.497 e. The van der Waals surface area contributed by atoms with Gasteiger partial charge >= 0.3 is 0 Å². The van der Waals surface area contributed by atoms with Crippen LogP contribution in [-0.2, 0) is 7.05 Å². The first-order valence-corrected chi connectivity index (χ1v) is 9.91. The van der Waals surface area contributed by atoms with Gasteiger partial charge in [-0.05, 0) is 63.3 Å². The predicted molar refractivity (Wildman–Crippen MR) is 113 cm³/mol. The Balaban J connectivity index is 1.73. The third-order valence-electron chi connectivity index (χ3n) is 5.88. The van der Waals surface area contributed by atoms with E-state index >= 15 is 0 Å². The molecule has 152 valence electrons. The third-order valence-corrected chi connectivity index (χ3v) is 5.88. The highest BCUT2D eigenvalue weighted by molar-refractivity contribution is 6.06. The van der Waals surface area contributed by atoms with E-state index in [9.17, 15) is 4.79 Å².